The second-order valence-electron chi connectivity index (χ2n) is 9.50. The molecular formula is C22H31FO. The lowest BCUT2D eigenvalue weighted by Gasteiger charge is -2.59. The van der Waals surface area contributed by atoms with E-state index in [9.17, 15) is 9.18 Å². The molecule has 4 rings (SSSR count). The first-order valence-corrected chi connectivity index (χ1v) is 9.88. The van der Waals surface area contributed by atoms with Crippen molar-refractivity contribution in [2.24, 2.45) is 34.5 Å². The van der Waals surface area contributed by atoms with Crippen LogP contribution in [0.4, 0.5) is 4.39 Å². The van der Waals surface area contributed by atoms with Gasteiger partial charge in [-0.15, -0.1) is 0 Å². The van der Waals surface area contributed by atoms with Gasteiger partial charge in [-0.05, 0) is 91.6 Å². The van der Waals surface area contributed by atoms with E-state index in [1.807, 2.05) is 6.08 Å². The molecule has 0 heterocycles. The Kier molecular flexibility index (Phi) is 3.64. The van der Waals surface area contributed by atoms with Crippen LogP contribution in [0.3, 0.4) is 0 Å². The lowest BCUT2D eigenvalue weighted by molar-refractivity contribution is -0.117. The molecule has 3 saturated carbocycles. The van der Waals surface area contributed by atoms with Gasteiger partial charge in [0.05, 0.1) is 5.83 Å². The number of carbonyl (C=O) groups excluding carboxylic acids is 1. The van der Waals surface area contributed by atoms with Crippen LogP contribution in [-0.4, -0.2) is 5.78 Å². The van der Waals surface area contributed by atoms with E-state index >= 15 is 0 Å². The van der Waals surface area contributed by atoms with Crippen LogP contribution in [0.2, 0.25) is 0 Å². The van der Waals surface area contributed by atoms with E-state index < -0.39 is 0 Å². The zero-order valence-corrected chi connectivity index (χ0v) is 15.6. The molecule has 4 aliphatic rings. The molecule has 0 bridgehead atoms. The highest BCUT2D eigenvalue weighted by molar-refractivity contribution is 5.91. The third kappa shape index (κ3) is 2.07. The van der Waals surface area contributed by atoms with Crippen molar-refractivity contribution < 1.29 is 9.18 Å². The minimum atomic E-state index is 0.0809. The zero-order valence-electron chi connectivity index (χ0n) is 15.6. The summed E-state index contributed by atoms with van der Waals surface area (Å²) < 4.78 is 14.1. The van der Waals surface area contributed by atoms with Crippen molar-refractivity contribution in [1.82, 2.24) is 0 Å². The summed E-state index contributed by atoms with van der Waals surface area (Å²) in [6.45, 7) is 8.74. The largest absolute Gasteiger partial charge is 0.295 e. The molecule has 0 radical (unpaired) electrons. The van der Waals surface area contributed by atoms with Crippen molar-refractivity contribution in [2.75, 3.05) is 0 Å². The molecule has 0 amide bonds. The first-order valence-electron chi connectivity index (χ1n) is 9.88. The maximum absolute atomic E-state index is 14.1. The van der Waals surface area contributed by atoms with Crippen LogP contribution >= 0.6 is 0 Å². The molecule has 1 nitrogen and oxygen atoms in total. The standard InChI is InChI=1S/C22H31FO/c1-13-11-16-18-6-5-17(14(2)23)21(18,3)10-8-19(16)22(4)9-7-15(24)12-20(13)22/h12-13,16,18-19H,5-11H2,1-4H3/b17-14+/t13-,16?,18?,19?,21+,22+/m0/s1. The highest BCUT2D eigenvalue weighted by Crippen LogP contribution is 2.67. The normalized spacial score (nSPS) is 49.9. The molecule has 0 aromatic heterocycles. The van der Waals surface area contributed by atoms with Gasteiger partial charge < -0.3 is 0 Å². The van der Waals surface area contributed by atoms with Gasteiger partial charge in [-0.25, -0.2) is 4.39 Å². The molecule has 24 heavy (non-hydrogen) atoms. The Morgan fingerprint density at radius 3 is 2.54 bits per heavy atom. The Balaban J connectivity index is 1.74. The minimum absolute atomic E-state index is 0.0809. The number of rotatable bonds is 0. The Hall–Kier alpha value is -0.920. The van der Waals surface area contributed by atoms with Crippen molar-refractivity contribution in [3.63, 3.8) is 0 Å². The molecule has 0 N–H and O–H groups in total. The molecular weight excluding hydrogens is 299 g/mol. The molecule has 0 aliphatic heterocycles. The highest BCUT2D eigenvalue weighted by Gasteiger charge is 2.59. The van der Waals surface area contributed by atoms with Gasteiger partial charge in [-0.3, -0.25) is 4.79 Å². The van der Waals surface area contributed by atoms with Crippen LogP contribution in [-0.2, 0) is 4.79 Å². The summed E-state index contributed by atoms with van der Waals surface area (Å²) in [5.41, 5.74) is 2.83. The topological polar surface area (TPSA) is 17.1 Å². The fourth-order valence-electron chi connectivity index (χ4n) is 7.36. The van der Waals surface area contributed by atoms with Gasteiger partial charge >= 0.3 is 0 Å². The third-order valence-electron chi connectivity index (χ3n) is 8.48. The van der Waals surface area contributed by atoms with Crippen LogP contribution in [0.15, 0.2) is 23.0 Å². The van der Waals surface area contributed by atoms with Crippen LogP contribution in [0, 0.1) is 34.5 Å². The number of hydrogen-bond donors (Lipinski definition) is 0. The lowest BCUT2D eigenvalue weighted by atomic mass is 9.45. The average molecular weight is 330 g/mol. The number of hydrogen-bond acceptors (Lipinski definition) is 1. The molecule has 132 valence electrons. The maximum atomic E-state index is 14.1. The molecule has 0 aromatic carbocycles. The molecule has 2 heteroatoms. The number of allylic oxidation sites excluding steroid dienone is 3. The van der Waals surface area contributed by atoms with Crippen molar-refractivity contribution >= 4 is 5.78 Å². The van der Waals surface area contributed by atoms with Crippen LogP contribution in [0.1, 0.15) is 72.6 Å². The molecule has 0 spiro atoms. The maximum Gasteiger partial charge on any atom is 0.155 e. The van der Waals surface area contributed by atoms with Gasteiger partial charge in [0.15, 0.2) is 5.78 Å². The number of ketones is 1. The van der Waals surface area contributed by atoms with Crippen LogP contribution in [0.25, 0.3) is 0 Å². The third-order valence-corrected chi connectivity index (χ3v) is 8.48. The predicted octanol–water partition coefficient (Wildman–Crippen LogP) is 6.01. The van der Waals surface area contributed by atoms with Crippen molar-refractivity contribution in [1.29, 1.82) is 0 Å². The quantitative estimate of drug-likeness (QED) is 0.532. The fourth-order valence-corrected chi connectivity index (χ4v) is 7.36. The first kappa shape index (κ1) is 16.5. The van der Waals surface area contributed by atoms with E-state index in [1.165, 1.54) is 18.4 Å². The van der Waals surface area contributed by atoms with Gasteiger partial charge in [0.1, 0.15) is 0 Å². The molecule has 0 aromatic rings. The van der Waals surface area contributed by atoms with Gasteiger partial charge in [0.25, 0.3) is 0 Å². The number of halogens is 1. The Morgan fingerprint density at radius 1 is 1.12 bits per heavy atom. The van der Waals surface area contributed by atoms with E-state index in [1.54, 1.807) is 6.92 Å². The first-order chi connectivity index (χ1) is 11.3. The van der Waals surface area contributed by atoms with E-state index in [0.717, 1.165) is 31.3 Å². The van der Waals surface area contributed by atoms with E-state index in [-0.39, 0.29) is 16.7 Å². The van der Waals surface area contributed by atoms with Crippen molar-refractivity contribution in [3.8, 4) is 0 Å². The molecule has 3 unspecified atom stereocenters. The molecule has 6 atom stereocenters. The average Bonchev–Trinajstić information content (AvgIpc) is 2.87. The Labute approximate surface area is 145 Å². The van der Waals surface area contributed by atoms with Crippen LogP contribution < -0.4 is 0 Å². The Morgan fingerprint density at radius 2 is 1.83 bits per heavy atom. The highest BCUT2D eigenvalue weighted by atomic mass is 19.1. The summed E-state index contributed by atoms with van der Waals surface area (Å²) in [7, 11) is 0. The second kappa shape index (κ2) is 5.29. The summed E-state index contributed by atoms with van der Waals surface area (Å²) in [5, 5.41) is 0. The SMILES string of the molecule is C/C(F)=C1/CCC2C3C[C@H](C)C4=CC(=O)CC[C@]4(C)C3CC[C@]12C. The molecule has 0 saturated heterocycles. The Bertz CT molecular complexity index is 640. The summed E-state index contributed by atoms with van der Waals surface area (Å²) in [6, 6.07) is 0. The smallest absolute Gasteiger partial charge is 0.155 e. The lowest BCUT2D eigenvalue weighted by Crippen LogP contribution is -2.51. The van der Waals surface area contributed by atoms with Gasteiger partial charge in [-0.1, -0.05) is 26.3 Å². The van der Waals surface area contributed by atoms with Crippen molar-refractivity contribution in [3.05, 3.63) is 23.0 Å². The van der Waals surface area contributed by atoms with Gasteiger partial charge in [0.2, 0.25) is 0 Å². The van der Waals surface area contributed by atoms with E-state index in [0.29, 0.717) is 35.9 Å². The summed E-state index contributed by atoms with van der Waals surface area (Å²) >= 11 is 0. The van der Waals surface area contributed by atoms with Crippen molar-refractivity contribution in [2.45, 2.75) is 72.6 Å². The molecule has 3 fully saturated rings. The van der Waals surface area contributed by atoms with Gasteiger partial charge in [-0.2, -0.15) is 0 Å². The van der Waals surface area contributed by atoms with Crippen LogP contribution in [0.5, 0.6) is 0 Å². The fraction of sp³-hybridized carbons (Fsp3) is 0.773. The second-order valence-corrected chi connectivity index (χ2v) is 9.50. The van der Waals surface area contributed by atoms with E-state index in [4.69, 9.17) is 0 Å². The summed E-state index contributed by atoms with van der Waals surface area (Å²) in [4.78, 5) is 12.0. The van der Waals surface area contributed by atoms with Gasteiger partial charge in [0, 0.05) is 6.42 Å². The summed E-state index contributed by atoms with van der Waals surface area (Å²) in [6.07, 6.45) is 9.37. The number of fused-ring (bicyclic) bond motifs is 5. The number of carbonyl (C=O) groups is 1. The monoisotopic (exact) mass is 330 g/mol. The summed E-state index contributed by atoms with van der Waals surface area (Å²) in [5.74, 6) is 2.93. The molecule has 4 aliphatic carbocycles. The minimum Gasteiger partial charge on any atom is -0.295 e. The predicted molar refractivity (Wildman–Crippen MR) is 95.1 cm³/mol. The van der Waals surface area contributed by atoms with E-state index in [2.05, 4.69) is 20.8 Å². The zero-order chi connectivity index (χ0) is 17.3.